The molecule has 1 rings (SSSR count). The monoisotopic (exact) mass is 274 g/mol. The Kier molecular flexibility index (Phi) is 5.97. The number of nitrogens with one attached hydrogen (secondary N) is 2. The second-order valence-corrected chi connectivity index (χ2v) is 5.41. The molecule has 0 aromatic heterocycles. The van der Waals surface area contributed by atoms with E-state index < -0.39 is 12.0 Å². The predicted octanol–water partition coefficient (Wildman–Crippen LogP) is -0.0224. The minimum atomic E-state index is -1.01. The van der Waals surface area contributed by atoms with Gasteiger partial charge in [-0.05, 0) is 18.6 Å². The minimum Gasteiger partial charge on any atom is -0.480 e. The number of hydrogen-bond acceptors (Lipinski definition) is 4. The Hall–Kier alpha value is -1.24. The Balaban J connectivity index is 2.16. The van der Waals surface area contributed by atoms with Gasteiger partial charge in [-0.2, -0.15) is 11.8 Å². The Morgan fingerprint density at radius 1 is 1.61 bits per heavy atom. The molecule has 1 aliphatic rings. The van der Waals surface area contributed by atoms with Crippen LogP contribution in [0, 0.1) is 0 Å². The lowest BCUT2D eigenvalue weighted by Crippen LogP contribution is -2.40. The number of thioether (sulfide) groups is 1. The summed E-state index contributed by atoms with van der Waals surface area (Å²) in [6.45, 7) is 1.30. The van der Waals surface area contributed by atoms with E-state index in [-0.39, 0.29) is 17.9 Å². The highest BCUT2D eigenvalue weighted by atomic mass is 32.2. The van der Waals surface area contributed by atoms with Gasteiger partial charge in [0.1, 0.15) is 6.04 Å². The third-order valence-corrected chi connectivity index (χ3v) is 3.79. The van der Waals surface area contributed by atoms with E-state index in [0.29, 0.717) is 18.6 Å². The second kappa shape index (κ2) is 7.25. The van der Waals surface area contributed by atoms with Gasteiger partial charge >= 0.3 is 5.97 Å². The highest BCUT2D eigenvalue weighted by Gasteiger charge is 2.21. The largest absolute Gasteiger partial charge is 0.480 e. The molecule has 0 saturated carbocycles. The molecular weight excluding hydrogens is 256 g/mol. The number of carboxylic acids is 1. The topological polar surface area (TPSA) is 95.5 Å². The molecule has 0 aromatic rings. The molecule has 2 amide bonds. The van der Waals surface area contributed by atoms with Crippen LogP contribution in [-0.2, 0) is 14.4 Å². The Morgan fingerprint density at radius 2 is 2.33 bits per heavy atom. The van der Waals surface area contributed by atoms with Crippen LogP contribution >= 0.6 is 11.8 Å². The molecule has 2 unspecified atom stereocenters. The normalized spacial score (nSPS) is 20.3. The summed E-state index contributed by atoms with van der Waals surface area (Å²) in [7, 11) is 0. The molecule has 0 aromatic carbocycles. The van der Waals surface area contributed by atoms with Gasteiger partial charge in [0.25, 0.3) is 0 Å². The van der Waals surface area contributed by atoms with Crippen molar-refractivity contribution in [3.05, 3.63) is 0 Å². The van der Waals surface area contributed by atoms with E-state index >= 15 is 0 Å². The minimum absolute atomic E-state index is 0.0854. The summed E-state index contributed by atoms with van der Waals surface area (Å²) in [6.07, 6.45) is 1.81. The van der Waals surface area contributed by atoms with Crippen molar-refractivity contribution in [2.24, 2.45) is 0 Å². The highest BCUT2D eigenvalue weighted by Crippen LogP contribution is 2.14. The molecule has 0 spiro atoms. The molecule has 0 radical (unpaired) electrons. The van der Waals surface area contributed by atoms with Gasteiger partial charge in [0.2, 0.25) is 11.8 Å². The average Bonchev–Trinajstić information content (AvgIpc) is 2.68. The van der Waals surface area contributed by atoms with Crippen molar-refractivity contribution in [3.8, 4) is 0 Å². The molecule has 2 atom stereocenters. The third kappa shape index (κ3) is 5.39. The number of aliphatic carboxylic acids is 1. The number of amides is 2. The summed E-state index contributed by atoms with van der Waals surface area (Å²) >= 11 is 1.60. The fourth-order valence-electron chi connectivity index (χ4n) is 1.73. The number of rotatable bonds is 7. The Morgan fingerprint density at radius 3 is 2.83 bits per heavy atom. The standard InChI is InChI=1S/C11H18N2O4S/c1-7(14)12-9(11(16)17)4-5-18-6-8-2-3-10(15)13-8/h8-9H,2-6H2,1H3,(H,12,14)(H,13,15)(H,16,17). The first kappa shape index (κ1) is 14.8. The quantitative estimate of drug-likeness (QED) is 0.567. The van der Waals surface area contributed by atoms with Gasteiger partial charge in [0.05, 0.1) is 0 Å². The zero-order valence-electron chi connectivity index (χ0n) is 10.3. The molecular formula is C11H18N2O4S. The van der Waals surface area contributed by atoms with Crippen molar-refractivity contribution in [2.45, 2.75) is 38.3 Å². The van der Waals surface area contributed by atoms with Crippen LogP contribution in [0.1, 0.15) is 26.2 Å². The van der Waals surface area contributed by atoms with Crippen molar-refractivity contribution >= 4 is 29.5 Å². The Bertz CT molecular complexity index is 335. The summed E-state index contributed by atoms with van der Waals surface area (Å²) in [5.74, 6) is 0.166. The van der Waals surface area contributed by atoms with E-state index in [1.807, 2.05) is 0 Å². The lowest BCUT2D eigenvalue weighted by atomic mass is 10.2. The van der Waals surface area contributed by atoms with Gasteiger partial charge in [-0.1, -0.05) is 0 Å². The van der Waals surface area contributed by atoms with E-state index in [1.54, 1.807) is 11.8 Å². The lowest BCUT2D eigenvalue weighted by molar-refractivity contribution is -0.141. The summed E-state index contributed by atoms with van der Waals surface area (Å²) in [5.41, 5.74) is 0. The maximum Gasteiger partial charge on any atom is 0.326 e. The molecule has 1 saturated heterocycles. The van der Waals surface area contributed by atoms with Gasteiger partial charge in [-0.15, -0.1) is 0 Å². The van der Waals surface area contributed by atoms with Gasteiger partial charge in [-0.25, -0.2) is 4.79 Å². The van der Waals surface area contributed by atoms with Crippen molar-refractivity contribution in [1.29, 1.82) is 0 Å². The molecule has 1 fully saturated rings. The van der Waals surface area contributed by atoms with E-state index in [0.717, 1.165) is 12.2 Å². The second-order valence-electron chi connectivity index (χ2n) is 4.26. The zero-order valence-corrected chi connectivity index (χ0v) is 11.1. The van der Waals surface area contributed by atoms with E-state index in [4.69, 9.17) is 5.11 Å². The van der Waals surface area contributed by atoms with E-state index in [2.05, 4.69) is 10.6 Å². The van der Waals surface area contributed by atoms with Crippen LogP contribution in [0.4, 0.5) is 0 Å². The van der Waals surface area contributed by atoms with E-state index in [1.165, 1.54) is 6.92 Å². The van der Waals surface area contributed by atoms with Crippen LogP contribution < -0.4 is 10.6 Å². The van der Waals surface area contributed by atoms with Crippen molar-refractivity contribution in [1.82, 2.24) is 10.6 Å². The average molecular weight is 274 g/mol. The molecule has 1 heterocycles. The Labute approximate surface area is 110 Å². The van der Waals surface area contributed by atoms with Gasteiger partial charge in [0.15, 0.2) is 0 Å². The van der Waals surface area contributed by atoms with Crippen LogP contribution in [0.2, 0.25) is 0 Å². The smallest absolute Gasteiger partial charge is 0.326 e. The van der Waals surface area contributed by atoms with Crippen molar-refractivity contribution in [2.75, 3.05) is 11.5 Å². The fraction of sp³-hybridized carbons (Fsp3) is 0.727. The molecule has 0 aliphatic carbocycles. The maximum atomic E-state index is 11.0. The van der Waals surface area contributed by atoms with Crippen LogP contribution in [0.3, 0.4) is 0 Å². The predicted molar refractivity (Wildman–Crippen MR) is 68.3 cm³/mol. The maximum absolute atomic E-state index is 11.0. The zero-order chi connectivity index (χ0) is 13.5. The first-order chi connectivity index (χ1) is 8.49. The van der Waals surface area contributed by atoms with Gasteiger partial charge in [0, 0.05) is 25.1 Å². The van der Waals surface area contributed by atoms with Crippen molar-refractivity contribution < 1.29 is 19.5 Å². The SMILES string of the molecule is CC(=O)NC(CCSCC1CCC(=O)N1)C(=O)O. The molecule has 6 nitrogen and oxygen atoms in total. The molecule has 18 heavy (non-hydrogen) atoms. The summed E-state index contributed by atoms with van der Waals surface area (Å²) in [5, 5.41) is 14.1. The summed E-state index contributed by atoms with van der Waals surface area (Å²) in [6, 6.07) is -0.625. The van der Waals surface area contributed by atoms with Crippen LogP contribution in [0.25, 0.3) is 0 Å². The number of hydrogen-bond donors (Lipinski definition) is 3. The highest BCUT2D eigenvalue weighted by molar-refractivity contribution is 7.99. The molecule has 1 aliphatic heterocycles. The van der Waals surface area contributed by atoms with Gasteiger partial charge in [-0.3, -0.25) is 9.59 Å². The van der Waals surface area contributed by atoms with Crippen LogP contribution in [-0.4, -0.2) is 46.5 Å². The fourth-order valence-corrected chi connectivity index (χ4v) is 2.84. The van der Waals surface area contributed by atoms with Gasteiger partial charge < -0.3 is 15.7 Å². The number of carbonyl (C=O) groups is 3. The number of carbonyl (C=O) groups excluding carboxylic acids is 2. The van der Waals surface area contributed by atoms with Crippen LogP contribution in [0.15, 0.2) is 0 Å². The summed E-state index contributed by atoms with van der Waals surface area (Å²) in [4.78, 5) is 32.6. The first-order valence-electron chi connectivity index (χ1n) is 5.86. The molecule has 7 heteroatoms. The molecule has 102 valence electrons. The van der Waals surface area contributed by atoms with E-state index in [9.17, 15) is 14.4 Å². The molecule has 0 bridgehead atoms. The summed E-state index contributed by atoms with van der Waals surface area (Å²) < 4.78 is 0. The number of carboxylic acid groups (broad SMARTS) is 1. The van der Waals surface area contributed by atoms with Crippen molar-refractivity contribution in [3.63, 3.8) is 0 Å². The van der Waals surface area contributed by atoms with Crippen LogP contribution in [0.5, 0.6) is 0 Å². The lowest BCUT2D eigenvalue weighted by Gasteiger charge is -2.14. The first-order valence-corrected chi connectivity index (χ1v) is 7.01. The third-order valence-electron chi connectivity index (χ3n) is 2.63. The molecule has 3 N–H and O–H groups in total.